The van der Waals surface area contributed by atoms with Gasteiger partial charge in [-0.25, -0.2) is 14.3 Å². The van der Waals surface area contributed by atoms with Gasteiger partial charge < -0.3 is 9.30 Å². The number of pyridine rings is 1. The Bertz CT molecular complexity index is 1210. The molecule has 0 saturated heterocycles. The van der Waals surface area contributed by atoms with Crippen LogP contribution < -0.4 is 11.2 Å². The molecule has 8 heteroatoms. The Morgan fingerprint density at radius 2 is 1.89 bits per heavy atom. The highest BCUT2D eigenvalue weighted by atomic mass is 16.5. The molecule has 0 aliphatic carbocycles. The first kappa shape index (κ1) is 17.9. The maximum atomic E-state index is 13.3. The lowest BCUT2D eigenvalue weighted by Gasteiger charge is -2.12. The van der Waals surface area contributed by atoms with Crippen LogP contribution >= 0.6 is 0 Å². The fourth-order valence-corrected chi connectivity index (χ4v) is 3.09. The van der Waals surface area contributed by atoms with E-state index in [4.69, 9.17) is 4.74 Å². The molecule has 4 aromatic rings. The average Bonchev–Trinajstić information content (AvgIpc) is 3.15. The zero-order valence-electron chi connectivity index (χ0n) is 15.4. The van der Waals surface area contributed by atoms with Crippen LogP contribution in [0.3, 0.4) is 0 Å². The summed E-state index contributed by atoms with van der Waals surface area (Å²) in [5.74, 6) is 0. The number of rotatable bonds is 6. The fourth-order valence-electron chi connectivity index (χ4n) is 3.09. The predicted octanol–water partition coefficient (Wildman–Crippen LogP) is 1.79. The molecule has 0 unspecified atom stereocenters. The van der Waals surface area contributed by atoms with E-state index in [2.05, 4.69) is 9.97 Å². The quantitative estimate of drug-likeness (QED) is 0.511. The molecule has 0 amide bonds. The van der Waals surface area contributed by atoms with Gasteiger partial charge in [-0.2, -0.15) is 0 Å². The number of hydrogen-bond acceptors (Lipinski definition) is 5. The van der Waals surface area contributed by atoms with Gasteiger partial charge in [0.2, 0.25) is 0 Å². The van der Waals surface area contributed by atoms with Crippen molar-refractivity contribution in [2.75, 3.05) is 6.61 Å². The maximum absolute atomic E-state index is 13.3. The van der Waals surface area contributed by atoms with Crippen molar-refractivity contribution in [2.24, 2.45) is 0 Å². The van der Waals surface area contributed by atoms with Gasteiger partial charge in [0.1, 0.15) is 6.73 Å². The first-order valence-electron chi connectivity index (χ1n) is 8.93. The summed E-state index contributed by atoms with van der Waals surface area (Å²) in [6.07, 6.45) is 4.81. The van der Waals surface area contributed by atoms with Crippen LogP contribution in [0.4, 0.5) is 0 Å². The number of imidazole rings is 1. The Morgan fingerprint density at radius 1 is 1.07 bits per heavy atom. The van der Waals surface area contributed by atoms with E-state index in [0.717, 1.165) is 5.56 Å². The Hall–Kier alpha value is -3.52. The van der Waals surface area contributed by atoms with E-state index in [1.165, 1.54) is 15.5 Å². The van der Waals surface area contributed by atoms with Crippen LogP contribution in [-0.4, -0.2) is 30.3 Å². The number of aromatic nitrogens is 5. The number of para-hydroxylation sites is 1. The van der Waals surface area contributed by atoms with Gasteiger partial charge in [0.15, 0.2) is 11.2 Å². The summed E-state index contributed by atoms with van der Waals surface area (Å²) >= 11 is 0. The third-order valence-corrected chi connectivity index (χ3v) is 4.41. The lowest BCUT2D eigenvalue weighted by Crippen LogP contribution is -2.40. The smallest absolute Gasteiger partial charge is 0.337 e. The summed E-state index contributed by atoms with van der Waals surface area (Å²) in [5, 5.41) is 0. The van der Waals surface area contributed by atoms with Crippen molar-refractivity contribution in [1.82, 2.24) is 23.7 Å². The molecule has 0 fully saturated rings. The molecule has 3 heterocycles. The Kier molecular flexibility index (Phi) is 4.86. The number of nitrogens with zero attached hydrogens (tertiary/aromatic N) is 5. The number of benzene rings is 1. The predicted molar refractivity (Wildman–Crippen MR) is 105 cm³/mol. The summed E-state index contributed by atoms with van der Waals surface area (Å²) in [6, 6.07) is 12.7. The van der Waals surface area contributed by atoms with Crippen molar-refractivity contribution in [3.05, 3.63) is 87.6 Å². The van der Waals surface area contributed by atoms with E-state index in [1.54, 1.807) is 35.2 Å². The van der Waals surface area contributed by atoms with E-state index < -0.39 is 11.2 Å². The third kappa shape index (κ3) is 3.14. The summed E-state index contributed by atoms with van der Waals surface area (Å²) < 4.78 is 9.74. The van der Waals surface area contributed by atoms with Crippen molar-refractivity contribution in [3.63, 3.8) is 0 Å². The van der Waals surface area contributed by atoms with E-state index in [9.17, 15) is 9.59 Å². The Balaban J connectivity index is 2.00. The minimum absolute atomic E-state index is 0.119. The summed E-state index contributed by atoms with van der Waals surface area (Å²) in [5.41, 5.74) is 1.17. The van der Waals surface area contributed by atoms with Crippen molar-refractivity contribution in [3.8, 4) is 5.69 Å². The zero-order valence-corrected chi connectivity index (χ0v) is 15.4. The molecule has 3 aromatic heterocycles. The lowest BCUT2D eigenvalue weighted by atomic mass is 10.3. The van der Waals surface area contributed by atoms with Gasteiger partial charge in [0.25, 0.3) is 5.56 Å². The molecule has 0 aliphatic rings. The minimum Gasteiger partial charge on any atom is -0.361 e. The van der Waals surface area contributed by atoms with Gasteiger partial charge in [0, 0.05) is 19.0 Å². The monoisotopic (exact) mass is 377 g/mol. The molecule has 0 aliphatic heterocycles. The van der Waals surface area contributed by atoms with Gasteiger partial charge in [-0.3, -0.25) is 14.3 Å². The Labute approximate surface area is 160 Å². The zero-order chi connectivity index (χ0) is 19.5. The largest absolute Gasteiger partial charge is 0.361 e. The highest BCUT2D eigenvalue weighted by Crippen LogP contribution is 2.13. The topological polar surface area (TPSA) is 83.9 Å². The fraction of sp³-hybridized carbons (Fsp3) is 0.200. The van der Waals surface area contributed by atoms with Crippen LogP contribution in [0, 0.1) is 0 Å². The highest BCUT2D eigenvalue weighted by Gasteiger charge is 2.19. The van der Waals surface area contributed by atoms with Gasteiger partial charge in [-0.1, -0.05) is 24.3 Å². The molecule has 1 aromatic carbocycles. The third-order valence-electron chi connectivity index (χ3n) is 4.41. The summed E-state index contributed by atoms with van der Waals surface area (Å²) in [6.45, 7) is 2.68. The van der Waals surface area contributed by atoms with Crippen LogP contribution in [0.5, 0.6) is 0 Å². The summed E-state index contributed by atoms with van der Waals surface area (Å²) in [7, 11) is 0. The molecular formula is C20H19N5O3. The Morgan fingerprint density at radius 3 is 2.61 bits per heavy atom. The lowest BCUT2D eigenvalue weighted by molar-refractivity contribution is 0.0903. The maximum Gasteiger partial charge on any atom is 0.337 e. The first-order chi connectivity index (χ1) is 13.7. The van der Waals surface area contributed by atoms with Crippen LogP contribution in [0.15, 0.2) is 70.8 Å². The standard InChI is InChI=1S/C20H19N5O3/c1-2-28-14-23-13-22-18-17(23)19(26)24(12-15-7-6-10-21-11-15)20(27)25(18)16-8-4-3-5-9-16/h3-11,13H,2,12,14H2,1H3. The van der Waals surface area contributed by atoms with Crippen molar-refractivity contribution in [1.29, 1.82) is 0 Å². The molecule has 0 N–H and O–H groups in total. The van der Waals surface area contributed by atoms with Crippen molar-refractivity contribution >= 4 is 11.2 Å². The molecule has 142 valence electrons. The molecule has 0 atom stereocenters. The molecule has 28 heavy (non-hydrogen) atoms. The molecule has 8 nitrogen and oxygen atoms in total. The number of ether oxygens (including phenoxy) is 1. The van der Waals surface area contributed by atoms with Crippen LogP contribution in [-0.2, 0) is 18.0 Å². The van der Waals surface area contributed by atoms with E-state index in [1.807, 2.05) is 31.2 Å². The normalized spacial score (nSPS) is 11.2. The highest BCUT2D eigenvalue weighted by molar-refractivity contribution is 5.72. The molecule has 0 spiro atoms. The minimum atomic E-state index is -0.450. The van der Waals surface area contributed by atoms with Crippen molar-refractivity contribution in [2.45, 2.75) is 20.2 Å². The van der Waals surface area contributed by atoms with Crippen LogP contribution in [0.2, 0.25) is 0 Å². The van der Waals surface area contributed by atoms with Gasteiger partial charge in [-0.05, 0) is 30.7 Å². The van der Waals surface area contributed by atoms with E-state index >= 15 is 0 Å². The van der Waals surface area contributed by atoms with Gasteiger partial charge >= 0.3 is 5.69 Å². The first-order valence-corrected chi connectivity index (χ1v) is 8.93. The van der Waals surface area contributed by atoms with E-state index in [0.29, 0.717) is 23.5 Å². The average molecular weight is 377 g/mol. The van der Waals surface area contributed by atoms with Gasteiger partial charge in [0.05, 0.1) is 18.6 Å². The van der Waals surface area contributed by atoms with Gasteiger partial charge in [-0.15, -0.1) is 0 Å². The summed E-state index contributed by atoms with van der Waals surface area (Å²) in [4.78, 5) is 34.9. The van der Waals surface area contributed by atoms with Crippen molar-refractivity contribution < 1.29 is 4.74 Å². The van der Waals surface area contributed by atoms with Crippen LogP contribution in [0.1, 0.15) is 12.5 Å². The second kappa shape index (κ2) is 7.61. The second-order valence-electron chi connectivity index (χ2n) is 6.21. The number of hydrogen-bond donors (Lipinski definition) is 0. The molecule has 0 radical (unpaired) electrons. The second-order valence-corrected chi connectivity index (χ2v) is 6.21. The molecule has 0 saturated carbocycles. The molecule has 4 rings (SSSR count). The SMILES string of the molecule is CCOCn1cnc2c1c(=O)n(Cc1cccnc1)c(=O)n2-c1ccccc1. The molecular weight excluding hydrogens is 358 g/mol. The van der Waals surface area contributed by atoms with Crippen LogP contribution in [0.25, 0.3) is 16.9 Å². The molecule has 0 bridgehead atoms. The van der Waals surface area contributed by atoms with E-state index in [-0.39, 0.29) is 13.3 Å². The number of fused-ring (bicyclic) bond motifs is 1.